The van der Waals surface area contributed by atoms with Crippen LogP contribution in [0.5, 0.6) is 0 Å². The minimum Gasteiger partial charge on any atom is -0.464 e. The Kier molecular flexibility index (Phi) is 3.20. The molecule has 0 radical (unpaired) electrons. The van der Waals surface area contributed by atoms with E-state index in [1.807, 2.05) is 6.92 Å². The number of aldehydes is 1. The van der Waals surface area contributed by atoms with Gasteiger partial charge in [-0.05, 0) is 31.4 Å². The molecule has 2 atom stereocenters. The normalized spacial score (nSPS) is 24.0. The molecule has 0 unspecified atom stereocenters. The molecule has 1 fully saturated rings. The van der Waals surface area contributed by atoms with Gasteiger partial charge in [0.15, 0.2) is 17.5 Å². The van der Waals surface area contributed by atoms with Crippen LogP contribution in [0.1, 0.15) is 30.8 Å². The van der Waals surface area contributed by atoms with Gasteiger partial charge in [-0.15, -0.1) is 0 Å². The lowest BCUT2D eigenvalue weighted by atomic mass is 10.2. The van der Waals surface area contributed by atoms with E-state index in [1.165, 1.54) is 4.68 Å². The first-order valence-electron chi connectivity index (χ1n) is 6.72. The van der Waals surface area contributed by atoms with Crippen molar-refractivity contribution in [3.05, 3.63) is 23.0 Å². The number of hydrogen-bond acceptors (Lipinski definition) is 5. The van der Waals surface area contributed by atoms with Gasteiger partial charge in [0.25, 0.3) is 0 Å². The van der Waals surface area contributed by atoms with Crippen molar-refractivity contribution in [1.29, 1.82) is 0 Å². The Hall–Kier alpha value is -1.95. The van der Waals surface area contributed by atoms with Gasteiger partial charge in [-0.1, -0.05) is 18.5 Å². The van der Waals surface area contributed by atoms with Crippen molar-refractivity contribution < 1.29 is 14.3 Å². The molecule has 2 heterocycles. The topological polar surface area (TPSA) is 74.1 Å². The largest absolute Gasteiger partial charge is 0.464 e. The van der Waals surface area contributed by atoms with Crippen LogP contribution in [0.25, 0.3) is 11.0 Å². The van der Waals surface area contributed by atoms with Crippen LogP contribution in [0.2, 0.25) is 5.15 Å². The monoisotopic (exact) mass is 307 g/mol. The molecule has 21 heavy (non-hydrogen) atoms. The highest BCUT2D eigenvalue weighted by molar-refractivity contribution is 6.29. The van der Waals surface area contributed by atoms with E-state index in [-0.39, 0.29) is 22.7 Å². The number of carbonyl (C=O) groups excluding carboxylic acids is 2. The first kappa shape index (κ1) is 14.0. The Balaban J connectivity index is 2.22. The second-order valence-corrected chi connectivity index (χ2v) is 5.56. The van der Waals surface area contributed by atoms with Gasteiger partial charge < -0.3 is 4.74 Å². The maximum atomic E-state index is 12.3. The summed E-state index contributed by atoms with van der Waals surface area (Å²) in [6, 6.07) is 3.28. The van der Waals surface area contributed by atoms with Crippen molar-refractivity contribution >= 4 is 34.9 Å². The van der Waals surface area contributed by atoms with Crippen molar-refractivity contribution in [1.82, 2.24) is 14.8 Å². The molecule has 3 rings (SSSR count). The molecule has 0 N–H and O–H groups in total. The lowest BCUT2D eigenvalue weighted by Crippen LogP contribution is -2.33. The Morgan fingerprint density at radius 3 is 2.90 bits per heavy atom. The first-order chi connectivity index (χ1) is 10.0. The number of rotatable bonds is 4. The smallest absolute Gasteiger partial charge is 0.334 e. The highest BCUT2D eigenvalue weighted by Crippen LogP contribution is 2.51. The summed E-state index contributed by atoms with van der Waals surface area (Å²) in [5, 5.41) is 5.13. The van der Waals surface area contributed by atoms with E-state index in [1.54, 1.807) is 19.1 Å². The summed E-state index contributed by atoms with van der Waals surface area (Å²) < 4.78 is 6.67. The molecule has 0 saturated heterocycles. The van der Waals surface area contributed by atoms with E-state index >= 15 is 0 Å². The number of carbonyl (C=O) groups is 2. The fourth-order valence-electron chi connectivity index (χ4n) is 2.69. The Bertz CT molecular complexity index is 742. The molecule has 6 nitrogen and oxygen atoms in total. The third kappa shape index (κ3) is 1.93. The molecule has 7 heteroatoms. The molecular formula is C14H14ClN3O3. The van der Waals surface area contributed by atoms with Crippen LogP contribution in [-0.2, 0) is 15.1 Å². The maximum absolute atomic E-state index is 12.3. The van der Waals surface area contributed by atoms with Gasteiger partial charge in [-0.25, -0.2) is 14.5 Å². The Morgan fingerprint density at radius 1 is 1.62 bits per heavy atom. The van der Waals surface area contributed by atoms with E-state index < -0.39 is 5.54 Å². The van der Waals surface area contributed by atoms with E-state index in [0.717, 1.165) is 0 Å². The summed E-state index contributed by atoms with van der Waals surface area (Å²) in [6.07, 6.45) is 1.26. The molecule has 0 spiro atoms. The van der Waals surface area contributed by atoms with Crippen LogP contribution in [0, 0.1) is 5.92 Å². The van der Waals surface area contributed by atoms with E-state index in [0.29, 0.717) is 30.3 Å². The number of ether oxygens (including phenoxy) is 1. The highest BCUT2D eigenvalue weighted by atomic mass is 35.5. The number of halogens is 1. The zero-order valence-corrected chi connectivity index (χ0v) is 12.4. The first-order valence-corrected chi connectivity index (χ1v) is 7.10. The molecule has 0 aliphatic heterocycles. The average molecular weight is 308 g/mol. The van der Waals surface area contributed by atoms with Crippen LogP contribution >= 0.6 is 11.6 Å². The van der Waals surface area contributed by atoms with Gasteiger partial charge in [-0.2, -0.15) is 5.10 Å². The number of pyridine rings is 1. The predicted octanol–water partition coefficient (Wildman–Crippen LogP) is 2.20. The number of fused-ring (bicyclic) bond motifs is 1. The third-order valence-electron chi connectivity index (χ3n) is 3.92. The fraction of sp³-hybridized carbons (Fsp3) is 0.429. The average Bonchev–Trinajstić information content (AvgIpc) is 3.00. The molecule has 0 bridgehead atoms. The van der Waals surface area contributed by atoms with Gasteiger partial charge in [-0.3, -0.25) is 4.79 Å². The zero-order chi connectivity index (χ0) is 15.2. The number of hydrogen-bond donors (Lipinski definition) is 0. The summed E-state index contributed by atoms with van der Waals surface area (Å²) in [6.45, 7) is 3.99. The zero-order valence-electron chi connectivity index (χ0n) is 11.7. The van der Waals surface area contributed by atoms with Crippen molar-refractivity contribution in [2.45, 2.75) is 25.8 Å². The van der Waals surface area contributed by atoms with Gasteiger partial charge in [0.1, 0.15) is 10.8 Å². The molecule has 1 saturated carbocycles. The molecular weight excluding hydrogens is 294 g/mol. The minimum atomic E-state index is -0.882. The SMILES string of the molecule is CCOC(=O)[C@]1(n2nc(C=O)c3ccc(Cl)nc32)C[C@@H]1C. The van der Waals surface area contributed by atoms with Crippen LogP contribution in [0.15, 0.2) is 12.1 Å². The number of aromatic nitrogens is 3. The third-order valence-corrected chi connectivity index (χ3v) is 4.13. The van der Waals surface area contributed by atoms with Gasteiger partial charge in [0.05, 0.1) is 6.61 Å². The summed E-state index contributed by atoms with van der Waals surface area (Å²) >= 11 is 5.93. The second-order valence-electron chi connectivity index (χ2n) is 5.17. The molecule has 0 amide bonds. The van der Waals surface area contributed by atoms with Crippen molar-refractivity contribution in [3.63, 3.8) is 0 Å². The van der Waals surface area contributed by atoms with Crippen LogP contribution in [0.4, 0.5) is 0 Å². The number of nitrogens with zero attached hydrogens (tertiary/aromatic N) is 3. The van der Waals surface area contributed by atoms with Crippen molar-refractivity contribution in [2.24, 2.45) is 5.92 Å². The molecule has 2 aromatic heterocycles. The summed E-state index contributed by atoms with van der Waals surface area (Å²) in [5.74, 6) is -0.277. The molecule has 2 aromatic rings. The molecule has 110 valence electrons. The van der Waals surface area contributed by atoms with Crippen LogP contribution < -0.4 is 0 Å². The van der Waals surface area contributed by atoms with Crippen LogP contribution in [0.3, 0.4) is 0 Å². The van der Waals surface area contributed by atoms with Gasteiger partial charge >= 0.3 is 5.97 Å². The highest BCUT2D eigenvalue weighted by Gasteiger charge is 2.62. The second kappa shape index (κ2) is 4.80. The fourth-order valence-corrected chi connectivity index (χ4v) is 2.83. The molecule has 0 aromatic carbocycles. The van der Waals surface area contributed by atoms with Crippen LogP contribution in [-0.4, -0.2) is 33.6 Å². The lowest BCUT2D eigenvalue weighted by molar-refractivity contribution is -0.149. The van der Waals surface area contributed by atoms with E-state index in [2.05, 4.69) is 10.1 Å². The summed E-state index contributed by atoms with van der Waals surface area (Å²) in [4.78, 5) is 27.7. The predicted molar refractivity (Wildman–Crippen MR) is 76.3 cm³/mol. The van der Waals surface area contributed by atoms with E-state index in [9.17, 15) is 9.59 Å². The van der Waals surface area contributed by atoms with Gasteiger partial charge in [0.2, 0.25) is 0 Å². The Morgan fingerprint density at radius 2 is 2.33 bits per heavy atom. The van der Waals surface area contributed by atoms with Gasteiger partial charge in [0, 0.05) is 5.39 Å². The lowest BCUT2D eigenvalue weighted by Gasteiger charge is -2.16. The summed E-state index contributed by atoms with van der Waals surface area (Å²) in [5.41, 5.74) is -0.202. The standard InChI is InChI=1S/C14H14ClN3O3/c1-3-21-13(20)14(6-8(14)2)18-12-9(10(7-19)17-18)4-5-11(15)16-12/h4-5,7-8H,3,6H2,1-2H3/t8-,14-/m0/s1. The van der Waals surface area contributed by atoms with Crippen molar-refractivity contribution in [3.8, 4) is 0 Å². The molecule has 1 aliphatic rings. The van der Waals surface area contributed by atoms with Crippen molar-refractivity contribution in [2.75, 3.05) is 6.61 Å². The quantitative estimate of drug-likeness (QED) is 0.492. The minimum absolute atomic E-state index is 0.0694. The molecule has 1 aliphatic carbocycles. The summed E-state index contributed by atoms with van der Waals surface area (Å²) in [7, 11) is 0. The number of esters is 1. The van der Waals surface area contributed by atoms with E-state index in [4.69, 9.17) is 16.3 Å². The maximum Gasteiger partial charge on any atom is 0.334 e. The Labute approximate surface area is 126 Å².